The zero-order valence-electron chi connectivity index (χ0n) is 20.6. The summed E-state index contributed by atoms with van der Waals surface area (Å²) in [6.07, 6.45) is -0.186. The van der Waals surface area contributed by atoms with Gasteiger partial charge in [0.25, 0.3) is 0 Å². The molecule has 1 aliphatic rings. The number of benzene rings is 2. The van der Waals surface area contributed by atoms with Gasteiger partial charge in [0.05, 0.1) is 23.7 Å². The Morgan fingerprint density at radius 3 is 2.51 bits per heavy atom. The smallest absolute Gasteiger partial charge is 0.416 e. The third kappa shape index (κ3) is 9.23. The molecule has 0 amide bonds. The van der Waals surface area contributed by atoms with Crippen LogP contribution in [-0.4, -0.2) is 51.1 Å². The van der Waals surface area contributed by atoms with Crippen LogP contribution in [0.3, 0.4) is 0 Å². The maximum Gasteiger partial charge on any atom is 0.416 e. The summed E-state index contributed by atoms with van der Waals surface area (Å²) in [7, 11) is 0. The molecule has 0 radical (unpaired) electrons. The SMILES string of the molecule is O=C(O)C(CCCCCC1C(O)CCC1SCC(O)COc1cccc(C(F)(F)F)c1)c1ccccc1. The lowest BCUT2D eigenvalue weighted by Gasteiger charge is -2.23. The molecule has 1 fully saturated rings. The molecule has 204 valence electrons. The van der Waals surface area contributed by atoms with Gasteiger partial charge in [-0.3, -0.25) is 4.79 Å². The Morgan fingerprint density at radius 1 is 1.05 bits per heavy atom. The molecule has 0 aliphatic heterocycles. The molecule has 3 rings (SSSR count). The molecule has 5 atom stereocenters. The van der Waals surface area contributed by atoms with Gasteiger partial charge < -0.3 is 20.1 Å². The second kappa shape index (κ2) is 14.1. The van der Waals surface area contributed by atoms with Gasteiger partial charge in [-0.05, 0) is 55.4 Å². The first kappa shape index (κ1) is 29.3. The van der Waals surface area contributed by atoms with Crippen LogP contribution in [0.5, 0.6) is 5.75 Å². The molecule has 37 heavy (non-hydrogen) atoms. The van der Waals surface area contributed by atoms with Crippen LogP contribution >= 0.6 is 11.8 Å². The highest BCUT2D eigenvalue weighted by Gasteiger charge is 2.35. The molecule has 2 aromatic carbocycles. The van der Waals surface area contributed by atoms with Gasteiger partial charge in [-0.15, -0.1) is 0 Å². The average Bonchev–Trinajstić information content (AvgIpc) is 3.22. The summed E-state index contributed by atoms with van der Waals surface area (Å²) in [6.45, 7) is -0.111. The van der Waals surface area contributed by atoms with Gasteiger partial charge in [0.15, 0.2) is 0 Å². The van der Waals surface area contributed by atoms with Crippen molar-refractivity contribution >= 4 is 17.7 Å². The molecule has 1 aliphatic carbocycles. The van der Waals surface area contributed by atoms with E-state index in [2.05, 4.69) is 0 Å². The molecule has 0 bridgehead atoms. The maximum absolute atomic E-state index is 12.8. The van der Waals surface area contributed by atoms with Crippen molar-refractivity contribution in [3.63, 3.8) is 0 Å². The monoisotopic (exact) mass is 540 g/mol. The average molecular weight is 541 g/mol. The third-order valence-corrected chi connectivity index (χ3v) is 8.45. The molecule has 5 nitrogen and oxygen atoms in total. The van der Waals surface area contributed by atoms with E-state index < -0.39 is 35.8 Å². The lowest BCUT2D eigenvalue weighted by Crippen LogP contribution is -2.25. The number of hydrogen-bond acceptors (Lipinski definition) is 5. The van der Waals surface area contributed by atoms with E-state index in [1.807, 2.05) is 30.3 Å². The molecule has 3 N–H and O–H groups in total. The van der Waals surface area contributed by atoms with Gasteiger partial charge in [0, 0.05) is 11.0 Å². The van der Waals surface area contributed by atoms with E-state index in [0.29, 0.717) is 18.6 Å². The minimum Gasteiger partial charge on any atom is -0.491 e. The third-order valence-electron chi connectivity index (χ3n) is 6.86. The molecule has 2 aromatic rings. The van der Waals surface area contributed by atoms with Crippen molar-refractivity contribution in [3.05, 3.63) is 65.7 Å². The summed E-state index contributed by atoms with van der Waals surface area (Å²) in [5.41, 5.74) is 0.0171. The molecule has 1 saturated carbocycles. The van der Waals surface area contributed by atoms with Gasteiger partial charge in [-0.25, -0.2) is 0 Å². The summed E-state index contributed by atoms with van der Waals surface area (Å²) in [4.78, 5) is 11.7. The first-order valence-corrected chi connectivity index (χ1v) is 13.8. The highest BCUT2D eigenvalue weighted by molar-refractivity contribution is 7.99. The van der Waals surface area contributed by atoms with E-state index in [9.17, 15) is 33.3 Å². The molecule has 5 unspecified atom stereocenters. The fourth-order valence-corrected chi connectivity index (χ4v) is 6.29. The highest BCUT2D eigenvalue weighted by atomic mass is 32.2. The first-order valence-electron chi connectivity index (χ1n) is 12.7. The topological polar surface area (TPSA) is 87.0 Å². The van der Waals surface area contributed by atoms with E-state index in [-0.39, 0.29) is 23.5 Å². The zero-order valence-corrected chi connectivity index (χ0v) is 21.5. The minimum atomic E-state index is -4.45. The van der Waals surface area contributed by atoms with E-state index >= 15 is 0 Å². The Hall–Kier alpha value is -2.23. The first-order chi connectivity index (χ1) is 17.6. The van der Waals surface area contributed by atoms with Gasteiger partial charge in [0.1, 0.15) is 12.4 Å². The Labute approximate surface area is 220 Å². The number of carboxylic acids is 1. The van der Waals surface area contributed by atoms with Crippen LogP contribution in [0.1, 0.15) is 62.0 Å². The fourth-order valence-electron chi connectivity index (χ4n) is 4.86. The molecule has 0 spiro atoms. The fraction of sp³-hybridized carbons (Fsp3) is 0.536. The number of thioether (sulfide) groups is 1. The van der Waals surface area contributed by atoms with E-state index in [1.165, 1.54) is 12.1 Å². The van der Waals surface area contributed by atoms with Crippen molar-refractivity contribution < 1.29 is 38.0 Å². The van der Waals surface area contributed by atoms with Crippen LogP contribution < -0.4 is 4.74 Å². The van der Waals surface area contributed by atoms with Crippen molar-refractivity contribution in [1.29, 1.82) is 0 Å². The largest absolute Gasteiger partial charge is 0.491 e. The summed E-state index contributed by atoms with van der Waals surface area (Å²) in [5, 5.41) is 30.5. The van der Waals surface area contributed by atoms with Crippen LogP contribution in [0.25, 0.3) is 0 Å². The van der Waals surface area contributed by atoms with Crippen molar-refractivity contribution in [1.82, 2.24) is 0 Å². The number of halogens is 3. The number of aliphatic carboxylic acids is 1. The summed E-state index contributed by atoms with van der Waals surface area (Å²) in [6, 6.07) is 13.8. The van der Waals surface area contributed by atoms with Gasteiger partial charge >= 0.3 is 12.1 Å². The Bertz CT molecular complexity index is 972. The van der Waals surface area contributed by atoms with Crippen molar-refractivity contribution in [2.45, 2.75) is 74.5 Å². The zero-order chi connectivity index (χ0) is 26.8. The number of carbonyl (C=O) groups is 1. The summed E-state index contributed by atoms with van der Waals surface area (Å²) >= 11 is 1.57. The van der Waals surface area contributed by atoms with Crippen LogP contribution in [0.2, 0.25) is 0 Å². The summed E-state index contributed by atoms with van der Waals surface area (Å²) in [5.74, 6) is -0.799. The Kier molecular flexibility index (Phi) is 11.2. The second-order valence-corrected chi connectivity index (χ2v) is 10.9. The van der Waals surface area contributed by atoms with E-state index in [4.69, 9.17) is 4.74 Å². The number of carboxylic acid groups (broad SMARTS) is 1. The number of aliphatic hydroxyl groups is 2. The number of alkyl halides is 3. The normalized spacial score (nSPS) is 21.5. The van der Waals surface area contributed by atoms with E-state index in [0.717, 1.165) is 49.8 Å². The van der Waals surface area contributed by atoms with Crippen molar-refractivity contribution in [3.8, 4) is 5.75 Å². The Balaban J connectivity index is 1.38. The van der Waals surface area contributed by atoms with E-state index in [1.54, 1.807) is 11.8 Å². The second-order valence-electron chi connectivity index (χ2n) is 9.61. The number of rotatable bonds is 14. The highest BCUT2D eigenvalue weighted by Crippen LogP contribution is 2.39. The lowest BCUT2D eigenvalue weighted by molar-refractivity contribution is -0.139. The molecule has 0 heterocycles. The quantitative estimate of drug-likeness (QED) is 0.250. The van der Waals surface area contributed by atoms with Crippen LogP contribution in [0, 0.1) is 5.92 Å². The Morgan fingerprint density at radius 2 is 1.81 bits per heavy atom. The lowest BCUT2D eigenvalue weighted by atomic mass is 9.92. The summed E-state index contributed by atoms with van der Waals surface area (Å²) < 4.78 is 43.9. The number of aliphatic hydroxyl groups excluding tert-OH is 2. The number of ether oxygens (including phenoxy) is 1. The van der Waals surface area contributed by atoms with Crippen LogP contribution in [-0.2, 0) is 11.0 Å². The predicted octanol–water partition coefficient (Wildman–Crippen LogP) is 6.14. The number of unbranched alkanes of at least 4 members (excludes halogenated alkanes) is 2. The molecular weight excluding hydrogens is 505 g/mol. The standard InChI is InChI=1S/C28H35F3O5S/c29-28(30,31)20-10-7-11-22(16-20)36-17-21(32)18-37-26-15-14-25(33)24(26)13-6-2-5-12-23(27(34)35)19-8-3-1-4-9-19/h1,3-4,7-11,16,21,23-26,32-33H,2,5-6,12-15,17-18H2,(H,34,35). The van der Waals surface area contributed by atoms with Crippen molar-refractivity contribution in [2.24, 2.45) is 5.92 Å². The molecule has 0 saturated heterocycles. The number of hydrogen-bond donors (Lipinski definition) is 3. The van der Waals surface area contributed by atoms with Gasteiger partial charge in [-0.2, -0.15) is 24.9 Å². The van der Waals surface area contributed by atoms with Gasteiger partial charge in [0.2, 0.25) is 0 Å². The van der Waals surface area contributed by atoms with Crippen LogP contribution in [0.4, 0.5) is 13.2 Å². The maximum atomic E-state index is 12.8. The minimum absolute atomic E-state index is 0.0606. The predicted molar refractivity (Wildman–Crippen MR) is 138 cm³/mol. The van der Waals surface area contributed by atoms with Gasteiger partial charge in [-0.1, -0.05) is 55.7 Å². The molecular formula is C28H35F3O5S. The van der Waals surface area contributed by atoms with Crippen molar-refractivity contribution in [2.75, 3.05) is 12.4 Å². The molecule has 9 heteroatoms. The molecule has 0 aromatic heterocycles. The van der Waals surface area contributed by atoms with Crippen LogP contribution in [0.15, 0.2) is 54.6 Å².